The van der Waals surface area contributed by atoms with E-state index in [1.807, 2.05) is 27.7 Å². The zero-order valence-electron chi connectivity index (χ0n) is 9.76. The van der Waals surface area contributed by atoms with Gasteiger partial charge in [0, 0.05) is 54.9 Å². The van der Waals surface area contributed by atoms with Crippen LogP contribution in [-0.4, -0.2) is 0 Å². The third kappa shape index (κ3) is 3910. The van der Waals surface area contributed by atoms with E-state index < -0.39 is 0 Å². The fourth-order valence-electron chi connectivity index (χ4n) is 0. The Labute approximate surface area is 106 Å². The lowest BCUT2D eigenvalue weighted by Crippen LogP contribution is -0.856. The summed E-state index contributed by atoms with van der Waals surface area (Å²) in [4.78, 5) is 0. The molecule has 0 fully saturated rings. The van der Waals surface area contributed by atoms with Crippen molar-refractivity contribution in [2.24, 2.45) is 0 Å². The van der Waals surface area contributed by atoms with Crippen LogP contribution >= 0.6 is 0 Å². The van der Waals surface area contributed by atoms with Gasteiger partial charge in [-0.2, -0.15) is 0 Å². The summed E-state index contributed by atoms with van der Waals surface area (Å²) in [5.41, 5.74) is 0. The summed E-state index contributed by atoms with van der Waals surface area (Å²) >= 11 is 0. The highest BCUT2D eigenvalue weighted by Gasteiger charge is 1.01. The van der Waals surface area contributed by atoms with Crippen molar-refractivity contribution in [2.75, 3.05) is 0 Å². The van der Waals surface area contributed by atoms with Gasteiger partial charge in [0.2, 0.25) is 0 Å². The molecular formula is C5H19F15. The lowest BCUT2D eigenvalue weighted by molar-refractivity contribution is 0.108. The Bertz CT molecular complexity index is 16.2. The first-order valence-corrected chi connectivity index (χ1v) is 2.86. The molecule has 144 valence electrons. The van der Waals surface area contributed by atoms with E-state index in [1.54, 1.807) is 0 Å². The fraction of sp³-hybridized carbons (Fsp3) is 1.00. The minimum atomic E-state index is 0. The van der Waals surface area contributed by atoms with Gasteiger partial charge in [-0.25, -0.2) is 0 Å². The van der Waals surface area contributed by atoms with Crippen molar-refractivity contribution >= 4 is 0 Å². The normalized spacial score (nSPS) is 2.40. The van der Waals surface area contributed by atoms with E-state index in [4.69, 9.17) is 54.9 Å². The molecule has 0 radical (unpaired) electrons. The minimum absolute atomic E-state index is 0. The number of hydrogen-bond donors (Lipinski definition) is 0. The van der Waals surface area contributed by atoms with Gasteiger partial charge in [-0.3, -0.25) is 14.1 Å². The maximum atomic E-state index is 8.00. The Morgan fingerprint density at radius 1 is 0.300 bits per heavy atom. The van der Waals surface area contributed by atoms with E-state index in [0.717, 1.165) is 0 Å². The number of halogens is 15. The smallest absolute Gasteiger partial charge is 0 e. The van der Waals surface area contributed by atoms with Gasteiger partial charge in [0.25, 0.3) is 0 Å². The van der Waals surface area contributed by atoms with Crippen LogP contribution in [0.4, 0.5) is 69.0 Å². The average molecular weight is 364 g/mol. The molecule has 0 aromatic heterocycles. The standard InChI is InChI=1S/2C2H6.CH4.6F2.3FH/c2*1-2;;6*1-2;;;/h2*1-2H3;1H4;;;;;;;3*1H. The van der Waals surface area contributed by atoms with Crippen LogP contribution in [0.5, 0.6) is 0 Å². The van der Waals surface area contributed by atoms with Crippen molar-refractivity contribution in [3.63, 3.8) is 0 Å². The molecule has 0 aliphatic carbocycles. The monoisotopic (exact) mass is 364 g/mol. The second-order valence-electron chi connectivity index (χ2n) is 0. The van der Waals surface area contributed by atoms with E-state index in [9.17, 15) is 0 Å². The molecule has 0 amide bonds. The summed E-state index contributed by atoms with van der Waals surface area (Å²) in [6.45, 7) is 8.00. The third-order valence-electron chi connectivity index (χ3n) is 0. The van der Waals surface area contributed by atoms with Crippen LogP contribution in [-0.2, 0) is 0 Å². The van der Waals surface area contributed by atoms with E-state index in [2.05, 4.69) is 0 Å². The maximum absolute atomic E-state index is 8.00. The molecule has 0 nitrogen and oxygen atoms in total. The Hall–Kier alpha value is -1.05. The summed E-state index contributed by atoms with van der Waals surface area (Å²) in [5, 5.41) is 0. The van der Waals surface area contributed by atoms with Crippen LogP contribution in [0, 0.1) is 0 Å². The van der Waals surface area contributed by atoms with Gasteiger partial charge < -0.3 is 0 Å². The molecule has 0 heterocycles. The highest BCUT2D eigenvalue weighted by molar-refractivity contribution is 3.51. The molecular weight excluding hydrogens is 345 g/mol. The molecule has 0 aromatic rings. The number of hydrogen-bond acceptors (Lipinski definition) is 0. The van der Waals surface area contributed by atoms with Gasteiger partial charge in [-0.15, -0.1) is 0 Å². The quantitative estimate of drug-likeness (QED) is 0.380. The van der Waals surface area contributed by atoms with Crippen molar-refractivity contribution in [1.82, 2.24) is 0 Å². The van der Waals surface area contributed by atoms with Gasteiger partial charge in [0.05, 0.1) is 0 Å². The second kappa shape index (κ2) is 4680. The van der Waals surface area contributed by atoms with E-state index >= 15 is 0 Å². The zero-order valence-corrected chi connectivity index (χ0v) is 9.76. The number of rotatable bonds is 0. The van der Waals surface area contributed by atoms with Gasteiger partial charge in [-0.05, 0) is 0 Å². The van der Waals surface area contributed by atoms with Crippen molar-refractivity contribution < 1.29 is 69.0 Å². The summed E-state index contributed by atoms with van der Waals surface area (Å²) in [6.07, 6.45) is 0. The lowest BCUT2D eigenvalue weighted by atomic mass is 11.0. The fourth-order valence-corrected chi connectivity index (χ4v) is 0. The molecule has 0 rings (SSSR count). The molecule has 0 unspecified atom stereocenters. The van der Waals surface area contributed by atoms with Gasteiger partial charge in [-0.1, -0.05) is 35.1 Å². The van der Waals surface area contributed by atoms with Gasteiger partial charge >= 0.3 is 0 Å². The highest BCUT2D eigenvalue weighted by atomic mass is 20.0. The molecule has 0 saturated carbocycles. The summed E-state index contributed by atoms with van der Waals surface area (Å²) in [6, 6.07) is 0. The Balaban J connectivity index is -0.00000000356. The van der Waals surface area contributed by atoms with Crippen molar-refractivity contribution in [3.05, 3.63) is 0 Å². The molecule has 0 aromatic carbocycles. The molecule has 0 aliphatic heterocycles. The van der Waals surface area contributed by atoms with Crippen molar-refractivity contribution in [1.29, 1.82) is 0 Å². The first kappa shape index (κ1) is 126. The van der Waals surface area contributed by atoms with E-state index in [1.165, 1.54) is 0 Å². The van der Waals surface area contributed by atoms with Gasteiger partial charge in [0.1, 0.15) is 0 Å². The molecule has 0 N–H and O–H groups in total. The van der Waals surface area contributed by atoms with Crippen molar-refractivity contribution in [3.8, 4) is 0 Å². The molecule has 0 spiro atoms. The molecule has 20 heavy (non-hydrogen) atoms. The molecule has 0 saturated heterocycles. The van der Waals surface area contributed by atoms with Crippen LogP contribution < -0.4 is 0 Å². The predicted molar refractivity (Wildman–Crippen MR) is 50.2 cm³/mol. The Kier molecular flexibility index (Phi) is 29600. The second-order valence-corrected chi connectivity index (χ2v) is 0. The summed E-state index contributed by atoms with van der Waals surface area (Å²) < 4.78 is 96.0. The summed E-state index contributed by atoms with van der Waals surface area (Å²) in [7, 11) is 0. The summed E-state index contributed by atoms with van der Waals surface area (Å²) in [5.74, 6) is 0. The van der Waals surface area contributed by atoms with Crippen LogP contribution in [0.1, 0.15) is 35.1 Å². The first-order chi connectivity index (χ1) is 8.00. The molecule has 0 bridgehead atoms. The maximum Gasteiger partial charge on any atom is 0 e. The SMILES string of the molecule is C.CC.CC.F.F.F.FF.FF.FF.FF.FF.FF. The zero-order chi connectivity index (χ0) is 16.0. The van der Waals surface area contributed by atoms with Crippen LogP contribution in [0.3, 0.4) is 0 Å². The van der Waals surface area contributed by atoms with Gasteiger partial charge in [0.15, 0.2) is 0 Å². The van der Waals surface area contributed by atoms with E-state index in [-0.39, 0.29) is 21.5 Å². The van der Waals surface area contributed by atoms with Crippen molar-refractivity contribution in [2.45, 2.75) is 35.1 Å². The molecule has 0 atom stereocenters. The Morgan fingerprint density at radius 3 is 0.300 bits per heavy atom. The van der Waals surface area contributed by atoms with Crippen LogP contribution in [0.25, 0.3) is 0 Å². The van der Waals surface area contributed by atoms with E-state index in [0.29, 0.717) is 0 Å². The molecule has 15 heteroatoms. The minimum Gasteiger partial charge on any atom is -0.269 e. The highest BCUT2D eigenvalue weighted by Crippen LogP contribution is 1.43. The first-order valence-electron chi connectivity index (χ1n) is 2.86. The lowest BCUT2D eigenvalue weighted by Gasteiger charge is -1.07. The molecule has 0 aliphatic rings. The third-order valence-corrected chi connectivity index (χ3v) is 0. The Morgan fingerprint density at radius 2 is 0.300 bits per heavy atom. The topological polar surface area (TPSA) is 0 Å². The van der Waals surface area contributed by atoms with Crippen LogP contribution in [0.2, 0.25) is 0 Å². The predicted octanol–water partition coefficient (Wildman–Crippen LogP) is 8.19. The largest absolute Gasteiger partial charge is 0.269 e. The van der Waals surface area contributed by atoms with Crippen LogP contribution in [0.15, 0.2) is 0 Å². The average Bonchev–Trinajstić information content (AvgIpc) is 2.54.